The highest BCUT2D eigenvalue weighted by Crippen LogP contribution is 2.17. The normalized spacial score (nSPS) is 15.7. The van der Waals surface area contributed by atoms with Crippen molar-refractivity contribution in [2.45, 2.75) is 63.6 Å². The predicted octanol–water partition coefficient (Wildman–Crippen LogP) is 7.38. The first kappa shape index (κ1) is 37.8. The number of carbonyl (C=O) groups is 2. The van der Waals surface area contributed by atoms with E-state index in [1.165, 1.54) is 11.1 Å². The van der Waals surface area contributed by atoms with Gasteiger partial charge in [-0.05, 0) is 60.8 Å². The van der Waals surface area contributed by atoms with Crippen molar-refractivity contribution in [3.05, 3.63) is 144 Å². The van der Waals surface area contributed by atoms with E-state index in [1.807, 2.05) is 60.7 Å². The Bertz CT molecular complexity index is 1360. The van der Waals surface area contributed by atoms with Gasteiger partial charge < -0.3 is 19.3 Å². The Kier molecular flexibility index (Phi) is 16.4. The van der Waals surface area contributed by atoms with Crippen LogP contribution in [0.3, 0.4) is 0 Å². The van der Waals surface area contributed by atoms with Gasteiger partial charge in [-0.25, -0.2) is 0 Å². The summed E-state index contributed by atoms with van der Waals surface area (Å²) in [5.41, 5.74) is 4.80. The second-order valence-electron chi connectivity index (χ2n) is 12.9. The summed E-state index contributed by atoms with van der Waals surface area (Å²) in [6, 6.07) is 40.8. The van der Waals surface area contributed by atoms with E-state index in [4.69, 9.17) is 9.47 Å². The molecular formula is C42H51ClN2O4. The summed E-state index contributed by atoms with van der Waals surface area (Å²) in [5.74, 6) is -0.215. The zero-order valence-corrected chi connectivity index (χ0v) is 29.4. The summed E-state index contributed by atoms with van der Waals surface area (Å²) >= 11 is 0. The molecule has 0 N–H and O–H groups in total. The molecule has 4 aromatic rings. The van der Waals surface area contributed by atoms with Crippen molar-refractivity contribution >= 4 is 24.3 Å². The highest BCUT2D eigenvalue weighted by atomic mass is 35.5. The maximum absolute atomic E-state index is 12.0. The molecule has 0 bridgehead atoms. The van der Waals surface area contributed by atoms with Crippen LogP contribution in [0.25, 0.3) is 0 Å². The number of halogens is 1. The number of carbonyl (C=O) groups excluding carboxylic acids is 2. The summed E-state index contributed by atoms with van der Waals surface area (Å²) < 4.78 is 11.3. The molecule has 2 heterocycles. The van der Waals surface area contributed by atoms with E-state index < -0.39 is 0 Å². The summed E-state index contributed by atoms with van der Waals surface area (Å²) in [5, 5.41) is 0. The first-order valence-electron chi connectivity index (χ1n) is 17.6. The van der Waals surface area contributed by atoms with Gasteiger partial charge in [0, 0.05) is 39.3 Å². The van der Waals surface area contributed by atoms with E-state index in [9.17, 15) is 9.59 Å². The Morgan fingerprint density at radius 2 is 0.755 bits per heavy atom. The highest BCUT2D eigenvalue weighted by Gasteiger charge is 2.23. The van der Waals surface area contributed by atoms with Crippen LogP contribution in [0.4, 0.5) is 0 Å². The summed E-state index contributed by atoms with van der Waals surface area (Å²) in [6.07, 6.45) is 6.82. The average molecular weight is 683 g/mol. The Balaban J connectivity index is 0.000000216. The number of nitrogens with zero attached hydrogens (tertiary/aromatic N) is 2. The fraction of sp³-hybridized carbons (Fsp3) is 0.381. The molecule has 6 nitrogen and oxygen atoms in total. The molecule has 7 heteroatoms. The minimum atomic E-state index is -0.107. The van der Waals surface area contributed by atoms with Crippen molar-refractivity contribution in [1.82, 2.24) is 9.80 Å². The fourth-order valence-corrected chi connectivity index (χ4v) is 6.35. The Morgan fingerprint density at radius 1 is 0.469 bits per heavy atom. The standard InChI is InChI=1S/2C21H25NO2.ClH/c2*23-21(17-19-9-5-2-6-10-19)24-20-12-15-22(16-13-20)14-11-18-7-3-1-4-8-18;/h2*1-10,20H,11-17H2;1H. The van der Waals surface area contributed by atoms with Gasteiger partial charge in [0.15, 0.2) is 0 Å². The van der Waals surface area contributed by atoms with E-state index in [1.54, 1.807) is 0 Å². The van der Waals surface area contributed by atoms with Crippen molar-refractivity contribution in [3.8, 4) is 0 Å². The van der Waals surface area contributed by atoms with Gasteiger partial charge in [0.25, 0.3) is 0 Å². The van der Waals surface area contributed by atoms with Crippen molar-refractivity contribution in [2.24, 2.45) is 0 Å². The van der Waals surface area contributed by atoms with Crippen molar-refractivity contribution < 1.29 is 19.1 Å². The van der Waals surface area contributed by atoms with Gasteiger partial charge in [-0.15, -0.1) is 12.4 Å². The molecular weight excluding hydrogens is 632 g/mol. The number of esters is 2. The summed E-state index contributed by atoms with van der Waals surface area (Å²) in [7, 11) is 0. The molecule has 0 spiro atoms. The minimum Gasteiger partial charge on any atom is -0.462 e. The predicted molar refractivity (Wildman–Crippen MR) is 199 cm³/mol. The Hall–Kier alpha value is -3.97. The summed E-state index contributed by atoms with van der Waals surface area (Å²) in [4.78, 5) is 29.0. The molecule has 0 aliphatic carbocycles. The largest absolute Gasteiger partial charge is 0.462 e. The van der Waals surface area contributed by atoms with Gasteiger partial charge in [-0.3, -0.25) is 9.59 Å². The molecule has 2 aliphatic heterocycles. The number of hydrogen-bond acceptors (Lipinski definition) is 6. The number of hydrogen-bond donors (Lipinski definition) is 0. The van der Waals surface area contributed by atoms with Gasteiger partial charge in [0.2, 0.25) is 0 Å². The molecule has 0 amide bonds. The first-order chi connectivity index (χ1) is 23.6. The van der Waals surface area contributed by atoms with Crippen LogP contribution >= 0.6 is 12.4 Å². The van der Waals surface area contributed by atoms with E-state index in [-0.39, 0.29) is 36.6 Å². The van der Waals surface area contributed by atoms with Crippen LogP contribution in [0.1, 0.15) is 47.9 Å². The van der Waals surface area contributed by atoms with Gasteiger partial charge in [-0.2, -0.15) is 0 Å². The number of rotatable bonds is 12. The van der Waals surface area contributed by atoms with Gasteiger partial charge >= 0.3 is 11.9 Å². The van der Waals surface area contributed by atoms with Crippen LogP contribution in [0.15, 0.2) is 121 Å². The van der Waals surface area contributed by atoms with Gasteiger partial charge in [0.1, 0.15) is 12.2 Å². The van der Waals surface area contributed by atoms with E-state index >= 15 is 0 Å². The average Bonchev–Trinajstić information content (AvgIpc) is 3.13. The lowest BCUT2D eigenvalue weighted by Gasteiger charge is -2.31. The monoisotopic (exact) mass is 682 g/mol. The van der Waals surface area contributed by atoms with Crippen LogP contribution in [0.2, 0.25) is 0 Å². The summed E-state index contributed by atoms with van der Waals surface area (Å²) in [6.45, 7) is 6.20. The number of ether oxygens (including phenoxy) is 2. The number of piperidine rings is 2. The van der Waals surface area contributed by atoms with Crippen molar-refractivity contribution in [3.63, 3.8) is 0 Å². The molecule has 2 aliphatic rings. The smallest absolute Gasteiger partial charge is 0.310 e. The minimum absolute atomic E-state index is 0. The Morgan fingerprint density at radius 3 is 1.06 bits per heavy atom. The maximum atomic E-state index is 12.0. The quantitative estimate of drug-likeness (QED) is 0.145. The molecule has 6 rings (SSSR count). The molecule has 49 heavy (non-hydrogen) atoms. The molecule has 0 aromatic heterocycles. The molecule has 260 valence electrons. The number of benzene rings is 4. The fourth-order valence-electron chi connectivity index (χ4n) is 6.35. The zero-order valence-electron chi connectivity index (χ0n) is 28.5. The molecule has 2 fully saturated rings. The lowest BCUT2D eigenvalue weighted by Crippen LogP contribution is -2.39. The van der Waals surface area contributed by atoms with Crippen LogP contribution in [-0.4, -0.2) is 73.2 Å². The molecule has 0 atom stereocenters. The van der Waals surface area contributed by atoms with Crippen LogP contribution in [0, 0.1) is 0 Å². The third-order valence-electron chi connectivity index (χ3n) is 9.17. The second-order valence-corrected chi connectivity index (χ2v) is 12.9. The lowest BCUT2D eigenvalue weighted by molar-refractivity contribution is -0.151. The molecule has 2 saturated heterocycles. The second kappa shape index (κ2) is 21.2. The lowest BCUT2D eigenvalue weighted by atomic mass is 10.1. The third-order valence-corrected chi connectivity index (χ3v) is 9.17. The van der Waals surface area contributed by atoms with Gasteiger partial charge in [0.05, 0.1) is 12.8 Å². The molecule has 0 saturated carbocycles. The number of likely N-dealkylation sites (tertiary alicyclic amines) is 2. The van der Waals surface area contributed by atoms with Crippen molar-refractivity contribution in [1.29, 1.82) is 0 Å². The van der Waals surface area contributed by atoms with Crippen LogP contribution in [0.5, 0.6) is 0 Å². The zero-order chi connectivity index (χ0) is 33.2. The van der Waals surface area contributed by atoms with Crippen LogP contribution < -0.4 is 0 Å². The highest BCUT2D eigenvalue weighted by molar-refractivity contribution is 5.85. The van der Waals surface area contributed by atoms with Crippen molar-refractivity contribution in [2.75, 3.05) is 39.3 Å². The SMILES string of the molecule is Cl.O=C(Cc1ccccc1)OC1CCN(CCc2ccccc2)CC1.O=C(Cc1ccccc1)OC1CCN(CCc2ccccc2)CC1. The first-order valence-corrected chi connectivity index (χ1v) is 17.6. The van der Waals surface area contributed by atoms with E-state index in [0.717, 1.165) is 88.9 Å². The molecule has 4 aromatic carbocycles. The van der Waals surface area contributed by atoms with Crippen LogP contribution in [-0.2, 0) is 44.7 Å². The molecule has 0 unspecified atom stereocenters. The van der Waals surface area contributed by atoms with E-state index in [0.29, 0.717) is 12.8 Å². The topological polar surface area (TPSA) is 59.1 Å². The molecule has 0 radical (unpaired) electrons. The van der Waals surface area contributed by atoms with Gasteiger partial charge in [-0.1, -0.05) is 121 Å². The van der Waals surface area contributed by atoms with E-state index in [2.05, 4.69) is 70.5 Å². The maximum Gasteiger partial charge on any atom is 0.310 e. The third kappa shape index (κ3) is 14.2. The Labute approximate surface area is 298 Å².